The Morgan fingerprint density at radius 2 is 2.00 bits per heavy atom. The van der Waals surface area contributed by atoms with Crippen molar-refractivity contribution < 1.29 is 4.39 Å². The van der Waals surface area contributed by atoms with E-state index in [2.05, 4.69) is 0 Å². The molecule has 0 N–H and O–H groups in total. The lowest BCUT2D eigenvalue weighted by Crippen LogP contribution is -2.17. The maximum Gasteiger partial charge on any atom is 0.115 e. The van der Waals surface area contributed by atoms with Crippen molar-refractivity contribution in [2.45, 2.75) is 12.6 Å². The van der Waals surface area contributed by atoms with E-state index >= 15 is 0 Å². The van der Waals surface area contributed by atoms with E-state index in [0.717, 1.165) is 6.54 Å². The maximum absolute atomic E-state index is 12.3. The van der Waals surface area contributed by atoms with Gasteiger partial charge in [-0.25, -0.2) is 4.39 Å². The average Bonchev–Trinajstić information content (AvgIpc) is 1.83. The fourth-order valence-electron chi connectivity index (χ4n) is 0.475. The van der Waals surface area contributed by atoms with Crippen molar-refractivity contribution in [3.63, 3.8) is 0 Å². The topological polar surface area (TPSA) is 3.24 Å². The molecule has 10 heavy (non-hydrogen) atoms. The molecule has 0 aromatic rings. The van der Waals surface area contributed by atoms with Crippen molar-refractivity contribution in [2.24, 2.45) is 0 Å². The Balaban J connectivity index is 0. The first-order chi connectivity index (χ1) is 4.16. The molecular formula is C6H14Cl2FN. The van der Waals surface area contributed by atoms with E-state index in [0.29, 0.717) is 6.42 Å². The number of rotatable bonds is 4. The second-order valence-electron chi connectivity index (χ2n) is 2.34. The van der Waals surface area contributed by atoms with E-state index in [1.54, 1.807) is 0 Å². The van der Waals surface area contributed by atoms with Crippen LogP contribution in [-0.2, 0) is 0 Å². The van der Waals surface area contributed by atoms with Gasteiger partial charge in [-0.1, -0.05) is 0 Å². The first-order valence-electron chi connectivity index (χ1n) is 3.01. The van der Waals surface area contributed by atoms with Crippen molar-refractivity contribution in [3.8, 4) is 0 Å². The maximum atomic E-state index is 12.3. The summed E-state index contributed by atoms with van der Waals surface area (Å²) in [5, 5.41) is 0. The number of halogens is 3. The number of hydrogen-bond acceptors (Lipinski definition) is 1. The Labute approximate surface area is 72.9 Å². The normalized spacial score (nSPS) is 12.9. The van der Waals surface area contributed by atoms with Crippen LogP contribution in [-0.4, -0.2) is 37.6 Å². The molecule has 1 atom stereocenters. The first-order valence-corrected chi connectivity index (χ1v) is 3.55. The number of hydrogen-bond donors (Lipinski definition) is 0. The molecule has 0 aromatic heterocycles. The van der Waals surface area contributed by atoms with Crippen LogP contribution in [0.25, 0.3) is 0 Å². The minimum Gasteiger partial charge on any atom is -0.309 e. The molecule has 0 fully saturated rings. The van der Waals surface area contributed by atoms with Crippen LogP contribution in [0.2, 0.25) is 0 Å². The summed E-state index contributed by atoms with van der Waals surface area (Å²) in [4.78, 5) is 1.94. The third kappa shape index (κ3) is 8.47. The zero-order chi connectivity index (χ0) is 7.28. The van der Waals surface area contributed by atoms with Gasteiger partial charge in [0.25, 0.3) is 0 Å². The second kappa shape index (κ2) is 7.58. The van der Waals surface area contributed by atoms with E-state index in [4.69, 9.17) is 11.6 Å². The van der Waals surface area contributed by atoms with Gasteiger partial charge in [-0.3, -0.25) is 0 Å². The molecule has 0 rings (SSSR count). The van der Waals surface area contributed by atoms with Gasteiger partial charge in [0.15, 0.2) is 0 Å². The van der Waals surface area contributed by atoms with E-state index in [1.807, 2.05) is 19.0 Å². The van der Waals surface area contributed by atoms with Gasteiger partial charge in [-0.05, 0) is 20.5 Å². The zero-order valence-electron chi connectivity index (χ0n) is 6.31. The summed E-state index contributed by atoms with van der Waals surface area (Å²) in [5.74, 6) is 0.119. The minimum atomic E-state index is -0.839. The molecule has 0 spiro atoms. The SMILES string of the molecule is CN(C)CCC(F)CCl.Cl. The summed E-state index contributed by atoms with van der Waals surface area (Å²) >= 11 is 5.24. The van der Waals surface area contributed by atoms with Crippen LogP contribution in [0.5, 0.6) is 0 Å². The summed E-state index contributed by atoms with van der Waals surface area (Å²) < 4.78 is 12.3. The third-order valence-corrected chi connectivity index (χ3v) is 1.39. The van der Waals surface area contributed by atoms with Crippen LogP contribution < -0.4 is 0 Å². The molecule has 0 aliphatic carbocycles. The van der Waals surface area contributed by atoms with Gasteiger partial charge in [0.2, 0.25) is 0 Å². The molecule has 0 aliphatic heterocycles. The van der Waals surface area contributed by atoms with Crippen LogP contribution in [0.4, 0.5) is 4.39 Å². The predicted octanol–water partition coefficient (Wildman–Crippen LogP) is 1.94. The summed E-state index contributed by atoms with van der Waals surface area (Å²) in [6, 6.07) is 0. The highest BCUT2D eigenvalue weighted by molar-refractivity contribution is 6.18. The first kappa shape index (κ1) is 13.1. The Morgan fingerprint density at radius 1 is 1.50 bits per heavy atom. The molecule has 4 heteroatoms. The standard InChI is InChI=1S/C6H13ClFN.ClH/c1-9(2)4-3-6(8)5-7;/h6H,3-5H2,1-2H3;1H. The van der Waals surface area contributed by atoms with Crippen LogP contribution >= 0.6 is 24.0 Å². The van der Waals surface area contributed by atoms with Crippen molar-refractivity contribution >= 4 is 24.0 Å². The largest absolute Gasteiger partial charge is 0.309 e. The molecule has 0 heterocycles. The highest BCUT2D eigenvalue weighted by Gasteiger charge is 2.03. The van der Waals surface area contributed by atoms with E-state index in [1.165, 1.54) is 0 Å². The van der Waals surface area contributed by atoms with Crippen LogP contribution in [0.15, 0.2) is 0 Å². The van der Waals surface area contributed by atoms with Gasteiger partial charge in [0, 0.05) is 6.54 Å². The molecule has 1 unspecified atom stereocenters. The zero-order valence-corrected chi connectivity index (χ0v) is 7.88. The van der Waals surface area contributed by atoms with E-state index in [9.17, 15) is 4.39 Å². The fraction of sp³-hybridized carbons (Fsp3) is 1.00. The van der Waals surface area contributed by atoms with E-state index < -0.39 is 6.17 Å². The van der Waals surface area contributed by atoms with Crippen LogP contribution in [0, 0.1) is 0 Å². The molecule has 0 saturated carbocycles. The lowest BCUT2D eigenvalue weighted by atomic mass is 10.3. The van der Waals surface area contributed by atoms with Crippen molar-refractivity contribution in [3.05, 3.63) is 0 Å². The van der Waals surface area contributed by atoms with Crippen LogP contribution in [0.3, 0.4) is 0 Å². The second-order valence-corrected chi connectivity index (χ2v) is 2.65. The lowest BCUT2D eigenvalue weighted by Gasteiger charge is -2.09. The van der Waals surface area contributed by atoms with Gasteiger partial charge >= 0.3 is 0 Å². The molecule has 0 aliphatic rings. The number of alkyl halides is 2. The van der Waals surface area contributed by atoms with Crippen molar-refractivity contribution in [1.82, 2.24) is 4.90 Å². The molecule has 0 radical (unpaired) electrons. The van der Waals surface area contributed by atoms with Crippen LogP contribution in [0.1, 0.15) is 6.42 Å². The van der Waals surface area contributed by atoms with Gasteiger partial charge < -0.3 is 4.90 Å². The summed E-state index contributed by atoms with van der Waals surface area (Å²) in [7, 11) is 3.84. The van der Waals surface area contributed by atoms with Gasteiger partial charge in [0.05, 0.1) is 5.88 Å². The quantitative estimate of drug-likeness (QED) is 0.612. The molecule has 0 bridgehead atoms. The third-order valence-electron chi connectivity index (χ3n) is 1.06. The molecule has 1 nitrogen and oxygen atoms in total. The minimum absolute atomic E-state index is 0. The molecule has 0 aromatic carbocycles. The Bertz CT molecular complexity index is 70.8. The monoisotopic (exact) mass is 189 g/mol. The highest BCUT2D eigenvalue weighted by Crippen LogP contribution is 1.99. The summed E-state index contributed by atoms with van der Waals surface area (Å²) in [5.41, 5.74) is 0. The highest BCUT2D eigenvalue weighted by atomic mass is 35.5. The average molecular weight is 190 g/mol. The number of nitrogens with zero attached hydrogens (tertiary/aromatic N) is 1. The lowest BCUT2D eigenvalue weighted by molar-refractivity contribution is 0.294. The van der Waals surface area contributed by atoms with E-state index in [-0.39, 0.29) is 18.3 Å². The molecule has 0 amide bonds. The Hall–Kier alpha value is 0.470. The van der Waals surface area contributed by atoms with Crippen molar-refractivity contribution in [1.29, 1.82) is 0 Å². The summed E-state index contributed by atoms with van der Waals surface area (Å²) in [6.07, 6.45) is -0.301. The predicted molar refractivity (Wildman–Crippen MR) is 46.0 cm³/mol. The Morgan fingerprint density at radius 3 is 2.30 bits per heavy atom. The van der Waals surface area contributed by atoms with Gasteiger partial charge in [0.1, 0.15) is 6.17 Å². The van der Waals surface area contributed by atoms with Crippen molar-refractivity contribution in [2.75, 3.05) is 26.5 Å². The summed E-state index contributed by atoms with van der Waals surface area (Å²) in [6.45, 7) is 0.772. The Kier molecular flexibility index (Phi) is 9.92. The van der Waals surface area contributed by atoms with Gasteiger partial charge in [-0.2, -0.15) is 0 Å². The smallest absolute Gasteiger partial charge is 0.115 e. The van der Waals surface area contributed by atoms with Gasteiger partial charge in [-0.15, -0.1) is 24.0 Å². The fourth-order valence-corrected chi connectivity index (χ4v) is 0.630. The molecular weight excluding hydrogens is 176 g/mol. The molecule has 64 valence electrons. The molecule has 0 saturated heterocycles.